The SMILES string of the molecule is CCCCCC(CC)C(OC(=O)N(C)CC(C)C)C(C)C. The molecule has 0 aliphatic rings. The molecule has 0 bridgehead atoms. The van der Waals surface area contributed by atoms with Crippen molar-refractivity contribution in [3.8, 4) is 0 Å². The first-order chi connectivity index (χ1) is 9.83. The van der Waals surface area contributed by atoms with E-state index in [0.717, 1.165) is 19.4 Å². The van der Waals surface area contributed by atoms with Gasteiger partial charge in [0.15, 0.2) is 0 Å². The molecule has 0 N–H and O–H groups in total. The smallest absolute Gasteiger partial charge is 0.409 e. The predicted octanol–water partition coefficient (Wildman–Crippen LogP) is 5.34. The first-order valence-electron chi connectivity index (χ1n) is 8.75. The summed E-state index contributed by atoms with van der Waals surface area (Å²) in [4.78, 5) is 14.0. The average Bonchev–Trinajstić information content (AvgIpc) is 2.40. The van der Waals surface area contributed by atoms with E-state index in [1.807, 2.05) is 7.05 Å². The van der Waals surface area contributed by atoms with Gasteiger partial charge in [0.2, 0.25) is 0 Å². The molecule has 0 aromatic rings. The van der Waals surface area contributed by atoms with E-state index in [0.29, 0.717) is 17.8 Å². The standard InChI is InChI=1S/C18H37NO2/c1-8-10-11-12-16(9-2)17(15(5)6)21-18(20)19(7)13-14(3)4/h14-17H,8-13H2,1-7H3. The van der Waals surface area contributed by atoms with Gasteiger partial charge in [-0.1, -0.05) is 60.8 Å². The van der Waals surface area contributed by atoms with Crippen LogP contribution < -0.4 is 0 Å². The lowest BCUT2D eigenvalue weighted by molar-refractivity contribution is 0.00845. The van der Waals surface area contributed by atoms with Gasteiger partial charge in [-0.2, -0.15) is 0 Å². The second-order valence-corrected chi connectivity index (χ2v) is 7.03. The van der Waals surface area contributed by atoms with Crippen LogP contribution in [0.3, 0.4) is 0 Å². The van der Waals surface area contributed by atoms with Crippen molar-refractivity contribution in [1.82, 2.24) is 4.90 Å². The summed E-state index contributed by atoms with van der Waals surface area (Å²) in [7, 11) is 1.83. The molecule has 0 spiro atoms. The van der Waals surface area contributed by atoms with Crippen LogP contribution in [0.5, 0.6) is 0 Å². The summed E-state index contributed by atoms with van der Waals surface area (Å²) < 4.78 is 5.85. The molecular weight excluding hydrogens is 262 g/mol. The minimum Gasteiger partial charge on any atom is -0.446 e. The van der Waals surface area contributed by atoms with Crippen LogP contribution in [0, 0.1) is 17.8 Å². The van der Waals surface area contributed by atoms with Gasteiger partial charge in [-0.05, 0) is 30.6 Å². The Hall–Kier alpha value is -0.730. The molecule has 2 atom stereocenters. The van der Waals surface area contributed by atoms with E-state index in [4.69, 9.17) is 4.74 Å². The number of nitrogens with zero attached hydrogens (tertiary/aromatic N) is 1. The lowest BCUT2D eigenvalue weighted by Gasteiger charge is -2.31. The molecule has 0 fully saturated rings. The predicted molar refractivity (Wildman–Crippen MR) is 90.5 cm³/mol. The summed E-state index contributed by atoms with van der Waals surface area (Å²) in [6.07, 6.45) is 5.84. The van der Waals surface area contributed by atoms with Gasteiger partial charge in [-0.3, -0.25) is 0 Å². The highest BCUT2D eigenvalue weighted by Gasteiger charge is 2.28. The number of carbonyl (C=O) groups excluding carboxylic acids is 1. The molecule has 126 valence electrons. The molecule has 0 saturated carbocycles. The maximum absolute atomic E-state index is 12.2. The number of rotatable bonds is 10. The van der Waals surface area contributed by atoms with E-state index in [2.05, 4.69) is 41.5 Å². The van der Waals surface area contributed by atoms with Crippen LogP contribution in [-0.2, 0) is 4.74 Å². The molecule has 3 nitrogen and oxygen atoms in total. The van der Waals surface area contributed by atoms with Gasteiger partial charge in [-0.15, -0.1) is 0 Å². The molecule has 0 rings (SSSR count). The molecule has 3 heteroatoms. The monoisotopic (exact) mass is 299 g/mol. The summed E-state index contributed by atoms with van der Waals surface area (Å²) in [6, 6.07) is 0. The number of unbranched alkanes of at least 4 members (excludes halogenated alkanes) is 2. The Kier molecular flexibility index (Phi) is 10.5. The fourth-order valence-corrected chi connectivity index (χ4v) is 2.86. The fraction of sp³-hybridized carbons (Fsp3) is 0.944. The van der Waals surface area contributed by atoms with E-state index < -0.39 is 0 Å². The van der Waals surface area contributed by atoms with Crippen LogP contribution in [0.2, 0.25) is 0 Å². The first kappa shape index (κ1) is 20.3. The summed E-state index contributed by atoms with van der Waals surface area (Å²) in [5.41, 5.74) is 0. The lowest BCUT2D eigenvalue weighted by atomic mass is 9.87. The summed E-state index contributed by atoms with van der Waals surface area (Å²) in [5.74, 6) is 1.31. The van der Waals surface area contributed by atoms with Crippen molar-refractivity contribution in [3.63, 3.8) is 0 Å². The summed E-state index contributed by atoms with van der Waals surface area (Å²) in [5, 5.41) is 0. The molecular formula is C18H37NO2. The second kappa shape index (κ2) is 10.9. The Morgan fingerprint density at radius 1 is 1.10 bits per heavy atom. The maximum Gasteiger partial charge on any atom is 0.409 e. The Labute approximate surface area is 132 Å². The van der Waals surface area contributed by atoms with Crippen molar-refractivity contribution >= 4 is 6.09 Å². The summed E-state index contributed by atoms with van der Waals surface area (Å²) in [6.45, 7) is 13.7. The third-order valence-electron chi connectivity index (χ3n) is 4.01. The van der Waals surface area contributed by atoms with Crippen LogP contribution in [0.1, 0.15) is 73.6 Å². The molecule has 0 aliphatic carbocycles. The Balaban J connectivity index is 4.61. The third-order valence-corrected chi connectivity index (χ3v) is 4.01. The zero-order valence-corrected chi connectivity index (χ0v) is 15.3. The summed E-state index contributed by atoms with van der Waals surface area (Å²) >= 11 is 0. The molecule has 0 saturated heterocycles. The Bertz CT molecular complexity index is 276. The quantitative estimate of drug-likeness (QED) is 0.509. The van der Waals surface area contributed by atoms with Crippen molar-refractivity contribution in [2.45, 2.75) is 79.8 Å². The van der Waals surface area contributed by atoms with Crippen LogP contribution in [0.4, 0.5) is 4.79 Å². The highest BCUT2D eigenvalue weighted by atomic mass is 16.6. The lowest BCUT2D eigenvalue weighted by Crippen LogP contribution is -2.38. The van der Waals surface area contributed by atoms with Gasteiger partial charge >= 0.3 is 6.09 Å². The van der Waals surface area contributed by atoms with E-state index >= 15 is 0 Å². The van der Waals surface area contributed by atoms with E-state index in [-0.39, 0.29) is 12.2 Å². The van der Waals surface area contributed by atoms with Gasteiger partial charge in [0, 0.05) is 13.6 Å². The molecule has 2 unspecified atom stereocenters. The molecule has 0 radical (unpaired) electrons. The largest absolute Gasteiger partial charge is 0.446 e. The van der Waals surface area contributed by atoms with Gasteiger partial charge in [0.05, 0.1) is 0 Å². The number of hydrogen-bond acceptors (Lipinski definition) is 2. The number of amides is 1. The Morgan fingerprint density at radius 3 is 2.14 bits per heavy atom. The maximum atomic E-state index is 12.2. The van der Waals surface area contributed by atoms with Crippen molar-refractivity contribution in [3.05, 3.63) is 0 Å². The minimum atomic E-state index is -0.170. The van der Waals surface area contributed by atoms with E-state index in [1.165, 1.54) is 19.3 Å². The third kappa shape index (κ3) is 8.33. The van der Waals surface area contributed by atoms with Crippen molar-refractivity contribution in [2.24, 2.45) is 17.8 Å². The minimum absolute atomic E-state index is 0.0361. The Morgan fingerprint density at radius 2 is 1.71 bits per heavy atom. The molecule has 0 aliphatic heterocycles. The van der Waals surface area contributed by atoms with Crippen LogP contribution >= 0.6 is 0 Å². The zero-order valence-electron chi connectivity index (χ0n) is 15.3. The van der Waals surface area contributed by atoms with Crippen LogP contribution in [0.15, 0.2) is 0 Å². The highest BCUT2D eigenvalue weighted by Crippen LogP contribution is 2.26. The fourth-order valence-electron chi connectivity index (χ4n) is 2.86. The molecule has 1 amide bonds. The van der Waals surface area contributed by atoms with Gasteiger partial charge in [-0.25, -0.2) is 4.79 Å². The zero-order chi connectivity index (χ0) is 16.4. The highest BCUT2D eigenvalue weighted by molar-refractivity contribution is 5.67. The van der Waals surface area contributed by atoms with Crippen LogP contribution in [-0.4, -0.2) is 30.7 Å². The normalized spacial score (nSPS) is 14.3. The van der Waals surface area contributed by atoms with Crippen LogP contribution in [0.25, 0.3) is 0 Å². The van der Waals surface area contributed by atoms with Gasteiger partial charge < -0.3 is 9.64 Å². The molecule has 0 aromatic heterocycles. The van der Waals surface area contributed by atoms with Gasteiger partial charge in [0.1, 0.15) is 6.10 Å². The van der Waals surface area contributed by atoms with E-state index in [1.54, 1.807) is 4.90 Å². The number of carbonyl (C=O) groups is 1. The molecule has 0 aromatic carbocycles. The molecule has 0 heterocycles. The molecule has 21 heavy (non-hydrogen) atoms. The first-order valence-corrected chi connectivity index (χ1v) is 8.75. The van der Waals surface area contributed by atoms with Gasteiger partial charge in [0.25, 0.3) is 0 Å². The van der Waals surface area contributed by atoms with Crippen molar-refractivity contribution in [1.29, 1.82) is 0 Å². The number of hydrogen-bond donors (Lipinski definition) is 0. The topological polar surface area (TPSA) is 29.5 Å². The van der Waals surface area contributed by atoms with E-state index in [9.17, 15) is 4.79 Å². The number of ether oxygens (including phenoxy) is 1. The van der Waals surface area contributed by atoms with Crippen molar-refractivity contribution in [2.75, 3.05) is 13.6 Å². The van der Waals surface area contributed by atoms with Crippen molar-refractivity contribution < 1.29 is 9.53 Å². The second-order valence-electron chi connectivity index (χ2n) is 7.03. The average molecular weight is 299 g/mol.